The minimum atomic E-state index is -1.03. The summed E-state index contributed by atoms with van der Waals surface area (Å²) >= 11 is 0. The zero-order chi connectivity index (χ0) is 24.3. The Morgan fingerprint density at radius 3 is 2.47 bits per heavy atom. The molecule has 1 saturated carbocycles. The smallest absolute Gasteiger partial charge is 0.224 e. The van der Waals surface area contributed by atoms with Gasteiger partial charge in [-0.2, -0.15) is 4.98 Å². The second-order valence-corrected chi connectivity index (χ2v) is 8.78. The van der Waals surface area contributed by atoms with Crippen molar-refractivity contribution in [3.63, 3.8) is 0 Å². The first-order valence-corrected chi connectivity index (χ1v) is 11.4. The fraction of sp³-hybridized carbons (Fsp3) is 0.522. The number of ether oxygens (including phenoxy) is 2. The lowest BCUT2D eigenvalue weighted by atomic mass is 9.90. The average Bonchev–Trinajstić information content (AvgIpc) is 3.36. The number of fused-ring (bicyclic) bond motifs is 1. The number of anilines is 2. The molecule has 2 fully saturated rings. The summed E-state index contributed by atoms with van der Waals surface area (Å²) in [6.45, 7) is 6.23. The standard InChI is InChI=1S/C23H29F3N6O2/c1-14(2)29-21-27-13-19-20(31-21)32(18-4-6-23(7-5-18)33-8-9-34-23)22(30-19)28-12-17(26)11-16(25)10-15(3)24/h10-14,18H,4-9H2,1-3H3,(H,28,30)(H,27,29,31)/b15-10+,16-11+,17-12-. The summed E-state index contributed by atoms with van der Waals surface area (Å²) in [4.78, 5) is 13.5. The van der Waals surface area contributed by atoms with Gasteiger partial charge in [-0.15, -0.1) is 0 Å². The molecule has 1 saturated heterocycles. The van der Waals surface area contributed by atoms with Gasteiger partial charge >= 0.3 is 0 Å². The molecule has 0 amide bonds. The van der Waals surface area contributed by atoms with Crippen molar-refractivity contribution in [2.24, 2.45) is 0 Å². The number of allylic oxidation sites excluding steroid dienone is 5. The number of nitrogens with one attached hydrogen (secondary N) is 2. The maximum atomic E-state index is 14.2. The molecule has 2 aromatic heterocycles. The van der Waals surface area contributed by atoms with E-state index in [9.17, 15) is 13.2 Å². The lowest BCUT2D eigenvalue weighted by Gasteiger charge is -2.36. The molecule has 0 unspecified atom stereocenters. The first-order valence-electron chi connectivity index (χ1n) is 11.4. The number of nitrogens with zero attached hydrogens (tertiary/aromatic N) is 4. The molecule has 1 spiro atoms. The SMILES string of the molecule is C\C(F)=C/C(F)=C\C(F)=C\Nc1nc2cnc(NC(C)C)nc2n1C1CCC2(CC1)OCCO2. The molecule has 1 aliphatic carbocycles. The third kappa shape index (κ3) is 5.58. The van der Waals surface area contributed by atoms with Crippen molar-refractivity contribution in [1.29, 1.82) is 0 Å². The monoisotopic (exact) mass is 478 g/mol. The lowest BCUT2D eigenvalue weighted by molar-refractivity contribution is -0.181. The highest BCUT2D eigenvalue weighted by atomic mass is 19.1. The average molecular weight is 479 g/mol. The molecule has 2 aliphatic rings. The molecule has 2 aromatic rings. The van der Waals surface area contributed by atoms with Crippen LogP contribution in [0, 0.1) is 0 Å². The van der Waals surface area contributed by atoms with Gasteiger partial charge in [-0.25, -0.2) is 23.1 Å². The lowest BCUT2D eigenvalue weighted by Crippen LogP contribution is -2.36. The van der Waals surface area contributed by atoms with Crippen LogP contribution in [0.5, 0.6) is 0 Å². The predicted octanol–water partition coefficient (Wildman–Crippen LogP) is 5.45. The van der Waals surface area contributed by atoms with E-state index in [-0.39, 0.29) is 12.1 Å². The van der Waals surface area contributed by atoms with Gasteiger partial charge in [0.15, 0.2) is 11.4 Å². The van der Waals surface area contributed by atoms with Crippen LogP contribution < -0.4 is 10.6 Å². The molecular weight excluding hydrogens is 449 g/mol. The zero-order valence-corrected chi connectivity index (χ0v) is 19.4. The molecule has 34 heavy (non-hydrogen) atoms. The van der Waals surface area contributed by atoms with Crippen LogP contribution in [0.15, 0.2) is 42.0 Å². The zero-order valence-electron chi connectivity index (χ0n) is 19.4. The van der Waals surface area contributed by atoms with Gasteiger partial charge < -0.3 is 20.1 Å². The van der Waals surface area contributed by atoms with Crippen LogP contribution in [-0.2, 0) is 9.47 Å². The van der Waals surface area contributed by atoms with Crippen molar-refractivity contribution >= 4 is 23.1 Å². The Morgan fingerprint density at radius 1 is 1.12 bits per heavy atom. The number of hydrogen-bond acceptors (Lipinski definition) is 7. The van der Waals surface area contributed by atoms with Crippen LogP contribution in [0.3, 0.4) is 0 Å². The van der Waals surface area contributed by atoms with Gasteiger partial charge in [0, 0.05) is 43.3 Å². The summed E-state index contributed by atoms with van der Waals surface area (Å²) in [5.74, 6) is -2.43. The van der Waals surface area contributed by atoms with Gasteiger partial charge in [0.1, 0.15) is 17.2 Å². The maximum absolute atomic E-state index is 14.2. The van der Waals surface area contributed by atoms with E-state index >= 15 is 0 Å². The molecule has 0 atom stereocenters. The van der Waals surface area contributed by atoms with E-state index in [1.54, 1.807) is 6.20 Å². The summed E-state index contributed by atoms with van der Waals surface area (Å²) in [5.41, 5.74) is 1.14. The molecule has 11 heteroatoms. The summed E-state index contributed by atoms with van der Waals surface area (Å²) < 4.78 is 54.3. The van der Waals surface area contributed by atoms with E-state index in [1.165, 1.54) is 0 Å². The predicted molar refractivity (Wildman–Crippen MR) is 123 cm³/mol. The Morgan fingerprint density at radius 2 is 1.82 bits per heavy atom. The van der Waals surface area contributed by atoms with Crippen LogP contribution in [0.2, 0.25) is 0 Å². The van der Waals surface area contributed by atoms with E-state index in [2.05, 4.69) is 25.6 Å². The van der Waals surface area contributed by atoms with Crippen molar-refractivity contribution in [1.82, 2.24) is 19.5 Å². The van der Waals surface area contributed by atoms with Crippen LogP contribution in [0.1, 0.15) is 52.5 Å². The molecule has 1 aliphatic heterocycles. The Bertz CT molecular complexity index is 1110. The van der Waals surface area contributed by atoms with Crippen LogP contribution in [0.4, 0.5) is 25.1 Å². The molecule has 0 aromatic carbocycles. The summed E-state index contributed by atoms with van der Waals surface area (Å²) in [5, 5.41) is 6.00. The quantitative estimate of drug-likeness (QED) is 0.512. The van der Waals surface area contributed by atoms with Crippen LogP contribution >= 0.6 is 0 Å². The Balaban J connectivity index is 1.65. The minimum absolute atomic E-state index is 0.00795. The van der Waals surface area contributed by atoms with Crippen molar-refractivity contribution in [3.05, 3.63) is 42.0 Å². The minimum Gasteiger partial charge on any atom is -0.352 e. The highest BCUT2D eigenvalue weighted by molar-refractivity contribution is 5.75. The third-order valence-corrected chi connectivity index (χ3v) is 5.70. The van der Waals surface area contributed by atoms with E-state index in [4.69, 9.17) is 9.47 Å². The number of rotatable bonds is 7. The molecule has 4 rings (SSSR count). The van der Waals surface area contributed by atoms with Crippen molar-refractivity contribution in [2.75, 3.05) is 23.8 Å². The molecular formula is C23H29F3N6O2. The van der Waals surface area contributed by atoms with Gasteiger partial charge in [-0.05, 0) is 33.6 Å². The van der Waals surface area contributed by atoms with Gasteiger partial charge in [0.25, 0.3) is 0 Å². The molecule has 0 bridgehead atoms. The van der Waals surface area contributed by atoms with Crippen LogP contribution in [0.25, 0.3) is 11.2 Å². The van der Waals surface area contributed by atoms with E-state index < -0.39 is 23.3 Å². The number of imidazole rings is 1. The van der Waals surface area contributed by atoms with Gasteiger partial charge in [0.2, 0.25) is 11.9 Å². The first-order chi connectivity index (χ1) is 16.2. The molecule has 3 heterocycles. The number of halogens is 3. The first kappa shape index (κ1) is 24.2. The summed E-state index contributed by atoms with van der Waals surface area (Å²) in [6.07, 6.45) is 6.71. The Labute approximate surface area is 196 Å². The van der Waals surface area contributed by atoms with Gasteiger partial charge in [-0.1, -0.05) is 0 Å². The second kappa shape index (κ2) is 10.1. The molecule has 8 nitrogen and oxygen atoms in total. The summed E-state index contributed by atoms with van der Waals surface area (Å²) in [7, 11) is 0. The Kier molecular flexibility index (Phi) is 7.22. The van der Waals surface area contributed by atoms with E-state index in [0.717, 1.165) is 26.0 Å². The summed E-state index contributed by atoms with van der Waals surface area (Å²) in [6, 6.07) is 0.145. The third-order valence-electron chi connectivity index (χ3n) is 5.70. The highest BCUT2D eigenvalue weighted by Crippen LogP contribution is 2.42. The van der Waals surface area contributed by atoms with Gasteiger partial charge in [0.05, 0.1) is 25.2 Å². The molecule has 2 N–H and O–H groups in total. The number of hydrogen-bond donors (Lipinski definition) is 2. The van der Waals surface area contributed by atoms with E-state index in [1.807, 2.05) is 18.4 Å². The largest absolute Gasteiger partial charge is 0.352 e. The van der Waals surface area contributed by atoms with Crippen molar-refractivity contribution < 1.29 is 22.6 Å². The van der Waals surface area contributed by atoms with Crippen molar-refractivity contribution in [2.45, 2.75) is 64.3 Å². The molecule has 0 radical (unpaired) electrons. The normalized spacial score (nSPS) is 20.0. The Hall–Kier alpha value is -2.92. The topological polar surface area (TPSA) is 86.1 Å². The maximum Gasteiger partial charge on any atom is 0.224 e. The highest BCUT2D eigenvalue weighted by Gasteiger charge is 2.41. The second-order valence-electron chi connectivity index (χ2n) is 8.78. The van der Waals surface area contributed by atoms with E-state index in [0.29, 0.717) is 61.3 Å². The fourth-order valence-corrected chi connectivity index (χ4v) is 4.29. The number of aromatic nitrogens is 4. The van der Waals surface area contributed by atoms with Crippen molar-refractivity contribution in [3.8, 4) is 0 Å². The van der Waals surface area contributed by atoms with Gasteiger partial charge in [-0.3, -0.25) is 4.57 Å². The fourth-order valence-electron chi connectivity index (χ4n) is 4.29. The van der Waals surface area contributed by atoms with Crippen LogP contribution in [-0.4, -0.2) is 44.6 Å². The molecule has 184 valence electrons.